The van der Waals surface area contributed by atoms with E-state index < -0.39 is 5.41 Å². The van der Waals surface area contributed by atoms with Crippen LogP contribution in [-0.2, 0) is 5.41 Å². The van der Waals surface area contributed by atoms with E-state index in [4.69, 9.17) is 4.74 Å². The Morgan fingerprint density at radius 3 is 1.81 bits per heavy atom. The lowest BCUT2D eigenvalue weighted by Crippen LogP contribution is -2.33. The van der Waals surface area contributed by atoms with Crippen LogP contribution < -0.4 is 9.64 Å². The predicted molar refractivity (Wildman–Crippen MR) is 262 cm³/mol. The Morgan fingerprint density at radius 2 is 1.10 bits per heavy atom. The first-order chi connectivity index (χ1) is 31.1. The molecule has 1 aliphatic carbocycles. The molecular formula is C60H42N2O. The second-order valence-electron chi connectivity index (χ2n) is 16.5. The molecule has 0 unspecified atom stereocenters. The van der Waals surface area contributed by atoms with Gasteiger partial charge in [-0.3, -0.25) is 0 Å². The highest BCUT2D eigenvalue weighted by Gasteiger charge is 2.51. The molecule has 0 radical (unpaired) electrons. The van der Waals surface area contributed by atoms with Crippen LogP contribution in [0.4, 0.5) is 11.4 Å². The number of para-hydroxylation sites is 4. The topological polar surface area (TPSA) is 17.4 Å². The first kappa shape index (κ1) is 36.7. The van der Waals surface area contributed by atoms with Crippen LogP contribution in [0.25, 0.3) is 55.0 Å². The number of aromatic nitrogens is 1. The summed E-state index contributed by atoms with van der Waals surface area (Å²) in [5, 5.41) is 4.85. The molecule has 298 valence electrons. The lowest BCUT2D eigenvalue weighted by Gasteiger charge is -2.40. The lowest BCUT2D eigenvalue weighted by atomic mass is 9.65. The van der Waals surface area contributed by atoms with E-state index in [1.807, 2.05) is 6.08 Å². The Labute approximate surface area is 367 Å². The van der Waals surface area contributed by atoms with Crippen molar-refractivity contribution in [3.63, 3.8) is 0 Å². The van der Waals surface area contributed by atoms with E-state index in [-0.39, 0.29) is 0 Å². The lowest BCUT2D eigenvalue weighted by molar-refractivity contribution is 0.436. The minimum absolute atomic E-state index is 0.671. The molecule has 2 aliphatic rings. The van der Waals surface area contributed by atoms with Gasteiger partial charge < -0.3 is 14.2 Å². The van der Waals surface area contributed by atoms with Crippen LogP contribution in [0.2, 0.25) is 0 Å². The quantitative estimate of drug-likeness (QED) is 0.149. The maximum absolute atomic E-state index is 6.75. The molecule has 2 heterocycles. The fourth-order valence-corrected chi connectivity index (χ4v) is 10.4. The minimum Gasteiger partial charge on any atom is -0.457 e. The highest BCUT2D eigenvalue weighted by atomic mass is 16.5. The summed E-state index contributed by atoms with van der Waals surface area (Å²) in [6, 6.07) is 76.4. The number of ether oxygens (including phenoxy) is 1. The SMILES string of the molecule is C=C/C(=C\C1=C(C)c2cc3ccccc3cc2C12c1ccccc1Oc1ccccc12)N(c1ccc(-c2ccccc2)cc1)c1ccc2c3ccccc3n(-c3ccccc3)c2c1. The maximum Gasteiger partial charge on any atom is 0.132 e. The highest BCUT2D eigenvalue weighted by molar-refractivity contribution is 6.10. The molecule has 3 nitrogen and oxygen atoms in total. The molecule has 63 heavy (non-hydrogen) atoms. The second-order valence-corrected chi connectivity index (χ2v) is 16.5. The summed E-state index contributed by atoms with van der Waals surface area (Å²) < 4.78 is 9.14. The summed E-state index contributed by atoms with van der Waals surface area (Å²) in [4.78, 5) is 2.37. The van der Waals surface area contributed by atoms with Gasteiger partial charge in [-0.2, -0.15) is 0 Å². The van der Waals surface area contributed by atoms with E-state index in [9.17, 15) is 0 Å². The molecule has 1 spiro atoms. The van der Waals surface area contributed by atoms with E-state index in [1.54, 1.807) is 0 Å². The summed E-state index contributed by atoms with van der Waals surface area (Å²) in [5.74, 6) is 1.73. The highest BCUT2D eigenvalue weighted by Crippen LogP contribution is 2.62. The molecule has 0 bridgehead atoms. The van der Waals surface area contributed by atoms with E-state index in [0.29, 0.717) is 0 Å². The van der Waals surface area contributed by atoms with E-state index in [1.165, 1.54) is 54.9 Å². The summed E-state index contributed by atoms with van der Waals surface area (Å²) >= 11 is 0. The summed E-state index contributed by atoms with van der Waals surface area (Å²) in [7, 11) is 0. The van der Waals surface area contributed by atoms with Crippen LogP contribution in [0, 0.1) is 0 Å². The van der Waals surface area contributed by atoms with Crippen molar-refractivity contribution in [1.29, 1.82) is 0 Å². The largest absolute Gasteiger partial charge is 0.457 e. The molecule has 0 saturated carbocycles. The van der Waals surface area contributed by atoms with Gasteiger partial charge in [0.15, 0.2) is 0 Å². The molecule has 0 saturated heterocycles. The fourth-order valence-electron chi connectivity index (χ4n) is 10.4. The third-order valence-electron chi connectivity index (χ3n) is 13.2. The smallest absolute Gasteiger partial charge is 0.132 e. The number of anilines is 2. The molecule has 1 aromatic heterocycles. The van der Waals surface area contributed by atoms with Crippen molar-refractivity contribution in [3.8, 4) is 28.3 Å². The molecule has 0 fully saturated rings. The van der Waals surface area contributed by atoms with Crippen molar-refractivity contribution < 1.29 is 4.74 Å². The number of benzene rings is 9. The van der Waals surface area contributed by atoms with Crippen molar-refractivity contribution in [1.82, 2.24) is 4.57 Å². The second kappa shape index (κ2) is 14.5. The first-order valence-corrected chi connectivity index (χ1v) is 21.6. The van der Waals surface area contributed by atoms with Gasteiger partial charge in [-0.1, -0.05) is 152 Å². The van der Waals surface area contributed by atoms with Crippen LogP contribution in [0.15, 0.2) is 242 Å². The molecule has 1 aliphatic heterocycles. The van der Waals surface area contributed by atoms with Gasteiger partial charge in [-0.05, 0) is 130 Å². The Morgan fingerprint density at radius 1 is 0.524 bits per heavy atom. The molecule has 0 N–H and O–H groups in total. The average molecular weight is 807 g/mol. The van der Waals surface area contributed by atoms with Gasteiger partial charge in [0, 0.05) is 44.7 Å². The summed E-state index contributed by atoms with van der Waals surface area (Å²) in [6.07, 6.45) is 4.42. The van der Waals surface area contributed by atoms with E-state index in [2.05, 4.69) is 241 Å². The third-order valence-corrected chi connectivity index (χ3v) is 13.2. The molecule has 3 heteroatoms. The van der Waals surface area contributed by atoms with Crippen LogP contribution in [-0.4, -0.2) is 4.57 Å². The van der Waals surface area contributed by atoms with Crippen LogP contribution in [0.3, 0.4) is 0 Å². The van der Waals surface area contributed by atoms with Gasteiger partial charge in [0.05, 0.1) is 16.4 Å². The van der Waals surface area contributed by atoms with Crippen molar-refractivity contribution in [2.75, 3.05) is 4.90 Å². The Balaban J connectivity index is 1.14. The normalized spacial score (nSPS) is 13.8. The molecular weight excluding hydrogens is 765 g/mol. The average Bonchev–Trinajstić information content (AvgIpc) is 3.79. The van der Waals surface area contributed by atoms with Gasteiger partial charge >= 0.3 is 0 Å². The van der Waals surface area contributed by atoms with Gasteiger partial charge in [-0.15, -0.1) is 0 Å². The standard InChI is InChI=1S/C60H42N2O/c1-3-45(38-54-40(2)51-36-43-20-10-11-21-44(43)37-55(51)60(54)52-25-13-16-28-58(52)63-59-29-17-14-26-53(59)60)61(47-32-30-42(31-33-47)41-18-6-4-7-19-41)48-34-35-50-49-24-12-15-27-56(49)62(57(50)39-48)46-22-8-5-9-23-46/h3-39H,1H2,2H3/b45-38+. The van der Waals surface area contributed by atoms with Gasteiger partial charge in [0.1, 0.15) is 11.5 Å². The molecule has 0 amide bonds. The van der Waals surface area contributed by atoms with Gasteiger partial charge in [0.2, 0.25) is 0 Å². The molecule has 10 aromatic rings. The Bertz CT molecular complexity index is 3460. The monoisotopic (exact) mass is 806 g/mol. The summed E-state index contributed by atoms with van der Waals surface area (Å²) in [6.45, 7) is 6.87. The van der Waals surface area contributed by atoms with Crippen LogP contribution >= 0.6 is 0 Å². The zero-order valence-electron chi connectivity index (χ0n) is 34.9. The number of nitrogens with zero attached hydrogens (tertiary/aromatic N) is 2. The van der Waals surface area contributed by atoms with Gasteiger partial charge in [-0.25, -0.2) is 0 Å². The Hall–Kier alpha value is -8.14. The van der Waals surface area contributed by atoms with Gasteiger partial charge in [0.25, 0.3) is 0 Å². The maximum atomic E-state index is 6.75. The van der Waals surface area contributed by atoms with Crippen LogP contribution in [0.1, 0.15) is 29.2 Å². The molecule has 0 atom stereocenters. The zero-order valence-corrected chi connectivity index (χ0v) is 34.9. The van der Waals surface area contributed by atoms with E-state index >= 15 is 0 Å². The minimum atomic E-state index is -0.671. The number of fused-ring (bicyclic) bond motifs is 10. The molecule has 9 aromatic carbocycles. The summed E-state index contributed by atoms with van der Waals surface area (Å²) in [5.41, 5.74) is 15.3. The number of hydrogen-bond acceptors (Lipinski definition) is 2. The fraction of sp³-hybridized carbons (Fsp3) is 0.0333. The number of hydrogen-bond donors (Lipinski definition) is 0. The number of allylic oxidation sites excluding steroid dienone is 4. The van der Waals surface area contributed by atoms with Crippen molar-refractivity contribution in [2.45, 2.75) is 12.3 Å². The van der Waals surface area contributed by atoms with Crippen molar-refractivity contribution in [3.05, 3.63) is 265 Å². The number of rotatable bonds is 7. The van der Waals surface area contributed by atoms with Crippen LogP contribution in [0.5, 0.6) is 11.5 Å². The third kappa shape index (κ3) is 5.60. The first-order valence-electron chi connectivity index (χ1n) is 21.6. The van der Waals surface area contributed by atoms with E-state index in [0.717, 1.165) is 56.5 Å². The predicted octanol–water partition coefficient (Wildman–Crippen LogP) is 15.7. The van der Waals surface area contributed by atoms with Crippen molar-refractivity contribution >= 4 is 49.5 Å². The Kier molecular flexibility index (Phi) is 8.45. The molecule has 12 rings (SSSR count). The van der Waals surface area contributed by atoms with Crippen molar-refractivity contribution in [2.24, 2.45) is 0 Å². The zero-order chi connectivity index (χ0) is 42.1.